The summed E-state index contributed by atoms with van der Waals surface area (Å²) < 4.78 is 5.42. The highest BCUT2D eigenvalue weighted by molar-refractivity contribution is 6.34. The van der Waals surface area contributed by atoms with Gasteiger partial charge in [-0.3, -0.25) is 4.79 Å². The summed E-state index contributed by atoms with van der Waals surface area (Å²) in [6.07, 6.45) is 0. The van der Waals surface area contributed by atoms with Crippen molar-refractivity contribution in [1.29, 1.82) is 0 Å². The molecular formula is C20H19ClN4O2. The van der Waals surface area contributed by atoms with Crippen LogP contribution in [-0.2, 0) is 4.74 Å². The molecule has 0 unspecified atom stereocenters. The van der Waals surface area contributed by atoms with Gasteiger partial charge in [-0.15, -0.1) is 0 Å². The van der Waals surface area contributed by atoms with E-state index in [9.17, 15) is 4.79 Å². The second-order valence-corrected chi connectivity index (χ2v) is 6.83. The Morgan fingerprint density at radius 3 is 2.52 bits per heavy atom. The molecule has 1 fully saturated rings. The number of benzene rings is 2. The summed E-state index contributed by atoms with van der Waals surface area (Å²) in [6.45, 7) is 4.47. The Labute approximate surface area is 162 Å². The minimum atomic E-state index is -0.333. The van der Waals surface area contributed by atoms with Crippen molar-refractivity contribution in [2.75, 3.05) is 36.5 Å². The number of rotatable bonds is 3. The molecule has 7 heteroatoms. The lowest BCUT2D eigenvalue weighted by Gasteiger charge is -2.29. The number of morpholine rings is 1. The molecule has 138 valence electrons. The maximum absolute atomic E-state index is 13.0. The first kappa shape index (κ1) is 17.7. The summed E-state index contributed by atoms with van der Waals surface area (Å²) in [6, 6.07) is 13.0. The number of aromatic nitrogens is 2. The van der Waals surface area contributed by atoms with Crippen LogP contribution in [0.25, 0.3) is 11.0 Å². The smallest absolute Gasteiger partial charge is 0.278 e. The first-order valence-electron chi connectivity index (χ1n) is 8.79. The highest BCUT2D eigenvalue weighted by Crippen LogP contribution is 2.26. The number of halogens is 1. The number of nitrogens with zero attached hydrogens (tertiary/aromatic N) is 3. The van der Waals surface area contributed by atoms with E-state index in [2.05, 4.69) is 10.3 Å². The maximum atomic E-state index is 13.0. The van der Waals surface area contributed by atoms with Crippen molar-refractivity contribution < 1.29 is 9.53 Å². The molecule has 2 aromatic carbocycles. The molecule has 0 spiro atoms. The molecule has 6 nitrogen and oxygen atoms in total. The lowest BCUT2D eigenvalue weighted by atomic mass is 10.2. The van der Waals surface area contributed by atoms with E-state index in [1.54, 1.807) is 6.07 Å². The fraction of sp³-hybridized carbons (Fsp3) is 0.250. The Morgan fingerprint density at radius 2 is 1.81 bits per heavy atom. The van der Waals surface area contributed by atoms with Crippen molar-refractivity contribution in [3.05, 3.63) is 58.7 Å². The Hall–Kier alpha value is -2.70. The summed E-state index contributed by atoms with van der Waals surface area (Å²) in [5.41, 5.74) is 3.29. The summed E-state index contributed by atoms with van der Waals surface area (Å²) in [4.78, 5) is 24.4. The fourth-order valence-electron chi connectivity index (χ4n) is 3.04. The Balaban J connectivity index is 1.74. The maximum Gasteiger partial charge on any atom is 0.278 e. The van der Waals surface area contributed by atoms with Gasteiger partial charge in [0.05, 0.1) is 35.0 Å². The van der Waals surface area contributed by atoms with Crippen LogP contribution in [0.5, 0.6) is 0 Å². The second kappa shape index (κ2) is 7.50. The molecule has 1 saturated heterocycles. The summed E-state index contributed by atoms with van der Waals surface area (Å²) in [7, 11) is 0. The van der Waals surface area contributed by atoms with Crippen LogP contribution in [-0.4, -0.2) is 42.2 Å². The van der Waals surface area contributed by atoms with Gasteiger partial charge in [0.2, 0.25) is 0 Å². The summed E-state index contributed by atoms with van der Waals surface area (Å²) >= 11 is 6.27. The van der Waals surface area contributed by atoms with Gasteiger partial charge in [0.1, 0.15) is 0 Å². The largest absolute Gasteiger partial charge is 0.378 e. The third-order valence-corrected chi connectivity index (χ3v) is 4.76. The summed E-state index contributed by atoms with van der Waals surface area (Å²) in [5, 5.41) is 3.36. The topological polar surface area (TPSA) is 67.4 Å². The molecule has 2 heterocycles. The molecule has 1 aliphatic rings. The predicted octanol–water partition coefficient (Wildman–Crippen LogP) is 3.68. The summed E-state index contributed by atoms with van der Waals surface area (Å²) in [5.74, 6) is 0.234. The molecule has 0 saturated carbocycles. The first-order valence-corrected chi connectivity index (χ1v) is 9.16. The van der Waals surface area contributed by atoms with Gasteiger partial charge < -0.3 is 15.0 Å². The average molecular weight is 383 g/mol. The monoisotopic (exact) mass is 382 g/mol. The van der Waals surface area contributed by atoms with Crippen molar-refractivity contribution in [2.45, 2.75) is 6.92 Å². The second-order valence-electron chi connectivity index (χ2n) is 6.42. The zero-order valence-electron chi connectivity index (χ0n) is 14.9. The predicted molar refractivity (Wildman–Crippen MR) is 107 cm³/mol. The van der Waals surface area contributed by atoms with Crippen LogP contribution in [0.4, 0.5) is 11.5 Å². The van der Waals surface area contributed by atoms with E-state index >= 15 is 0 Å². The minimum Gasteiger partial charge on any atom is -0.378 e. The molecule has 1 aliphatic heterocycles. The number of carbonyl (C=O) groups excluding carboxylic acids is 1. The Kier molecular flexibility index (Phi) is 4.92. The number of para-hydroxylation sites is 2. The minimum absolute atomic E-state index is 0.284. The number of anilines is 2. The number of carbonyl (C=O) groups is 1. The molecule has 0 radical (unpaired) electrons. The number of nitrogens with one attached hydrogen (secondary N) is 1. The van der Waals surface area contributed by atoms with Crippen LogP contribution in [0.2, 0.25) is 5.02 Å². The standard InChI is InChI=1S/C20H19ClN4O2/c1-13-6-7-15(14(21)12-13)24-20(26)18-19(25-8-10-27-11-9-25)23-17-5-3-2-4-16(17)22-18/h2-7,12H,8-11H2,1H3,(H,24,26). The molecule has 0 bridgehead atoms. The average Bonchev–Trinajstić information content (AvgIpc) is 2.69. The van der Waals surface area contributed by atoms with E-state index in [1.807, 2.05) is 48.2 Å². The quantitative estimate of drug-likeness (QED) is 0.748. The molecule has 4 rings (SSSR count). The number of hydrogen-bond donors (Lipinski definition) is 1. The van der Waals surface area contributed by atoms with E-state index in [4.69, 9.17) is 21.3 Å². The molecule has 0 atom stereocenters. The fourth-order valence-corrected chi connectivity index (χ4v) is 3.32. The van der Waals surface area contributed by atoms with Gasteiger partial charge in [-0.2, -0.15) is 0 Å². The van der Waals surface area contributed by atoms with Crippen LogP contribution < -0.4 is 10.2 Å². The molecule has 1 N–H and O–H groups in total. The van der Waals surface area contributed by atoms with Crippen LogP contribution >= 0.6 is 11.6 Å². The van der Waals surface area contributed by atoms with E-state index in [0.29, 0.717) is 48.3 Å². The van der Waals surface area contributed by atoms with Crippen LogP contribution in [0.1, 0.15) is 16.1 Å². The van der Waals surface area contributed by atoms with Crippen molar-refractivity contribution in [2.24, 2.45) is 0 Å². The number of hydrogen-bond acceptors (Lipinski definition) is 5. The molecule has 1 aromatic heterocycles. The molecular weight excluding hydrogens is 364 g/mol. The van der Waals surface area contributed by atoms with Crippen molar-refractivity contribution in [3.8, 4) is 0 Å². The van der Waals surface area contributed by atoms with E-state index < -0.39 is 0 Å². The van der Waals surface area contributed by atoms with Crippen LogP contribution in [0, 0.1) is 6.92 Å². The molecule has 1 amide bonds. The molecule has 0 aliphatic carbocycles. The number of fused-ring (bicyclic) bond motifs is 1. The van der Waals surface area contributed by atoms with Gasteiger partial charge in [-0.25, -0.2) is 9.97 Å². The lowest BCUT2D eigenvalue weighted by Crippen LogP contribution is -2.38. The van der Waals surface area contributed by atoms with Gasteiger partial charge >= 0.3 is 0 Å². The lowest BCUT2D eigenvalue weighted by molar-refractivity contribution is 0.102. The van der Waals surface area contributed by atoms with Crippen molar-refractivity contribution >= 4 is 40.0 Å². The zero-order chi connectivity index (χ0) is 18.8. The van der Waals surface area contributed by atoms with Crippen molar-refractivity contribution in [1.82, 2.24) is 9.97 Å². The molecule has 27 heavy (non-hydrogen) atoms. The van der Waals surface area contributed by atoms with Gasteiger partial charge in [0.25, 0.3) is 5.91 Å². The van der Waals surface area contributed by atoms with Gasteiger partial charge in [-0.05, 0) is 36.8 Å². The number of aryl methyl sites for hydroxylation is 1. The highest BCUT2D eigenvalue weighted by Gasteiger charge is 2.23. The van der Waals surface area contributed by atoms with Crippen molar-refractivity contribution in [3.63, 3.8) is 0 Å². The Morgan fingerprint density at radius 1 is 1.11 bits per heavy atom. The first-order chi connectivity index (χ1) is 13.1. The van der Waals surface area contributed by atoms with E-state index in [-0.39, 0.29) is 11.6 Å². The highest BCUT2D eigenvalue weighted by atomic mass is 35.5. The third kappa shape index (κ3) is 3.72. The van der Waals surface area contributed by atoms with E-state index in [0.717, 1.165) is 11.1 Å². The SMILES string of the molecule is Cc1ccc(NC(=O)c2nc3ccccc3nc2N2CCOCC2)c(Cl)c1. The zero-order valence-corrected chi connectivity index (χ0v) is 15.7. The van der Waals surface area contributed by atoms with Gasteiger partial charge in [0, 0.05) is 13.1 Å². The number of amides is 1. The number of ether oxygens (including phenoxy) is 1. The van der Waals surface area contributed by atoms with Crippen LogP contribution in [0.15, 0.2) is 42.5 Å². The van der Waals surface area contributed by atoms with Gasteiger partial charge in [-0.1, -0.05) is 29.8 Å². The normalized spacial score (nSPS) is 14.4. The molecule has 3 aromatic rings. The van der Waals surface area contributed by atoms with E-state index in [1.165, 1.54) is 0 Å². The van der Waals surface area contributed by atoms with Gasteiger partial charge in [0.15, 0.2) is 11.5 Å². The Bertz CT molecular complexity index is 1000. The third-order valence-electron chi connectivity index (χ3n) is 4.45. The van der Waals surface area contributed by atoms with Crippen LogP contribution in [0.3, 0.4) is 0 Å².